The van der Waals surface area contributed by atoms with E-state index in [1.807, 2.05) is 30.5 Å². The van der Waals surface area contributed by atoms with E-state index in [0.29, 0.717) is 6.42 Å². The first kappa shape index (κ1) is 18.0. The highest BCUT2D eigenvalue weighted by molar-refractivity contribution is 6.08. The summed E-state index contributed by atoms with van der Waals surface area (Å²) in [5.41, 5.74) is 3.45. The Balaban J connectivity index is 1.63. The molecule has 0 spiro atoms. The van der Waals surface area contributed by atoms with Gasteiger partial charge in [-0.1, -0.05) is 48.5 Å². The molecule has 0 unspecified atom stereocenters. The molecule has 0 radical (unpaired) electrons. The number of aromatic nitrogens is 2. The van der Waals surface area contributed by atoms with Crippen LogP contribution in [0, 0.1) is 0 Å². The second kappa shape index (κ2) is 8.13. The minimum Gasteiger partial charge on any atom is -0.469 e. The molecule has 4 rings (SSSR count). The zero-order chi connectivity index (χ0) is 19.3. The maximum atomic E-state index is 11.4. The minimum absolute atomic E-state index is 0.175. The van der Waals surface area contributed by atoms with E-state index in [2.05, 4.69) is 51.3 Å². The number of fused-ring (bicyclic) bond motifs is 3. The molecule has 2 aromatic heterocycles. The van der Waals surface area contributed by atoms with Crippen LogP contribution in [0.15, 0.2) is 66.9 Å². The Kier molecular flexibility index (Phi) is 5.24. The number of aryl methyl sites for hydroxylation is 1. The highest BCUT2D eigenvalue weighted by Gasteiger charge is 2.12. The molecule has 2 heterocycles. The first-order valence-corrected chi connectivity index (χ1v) is 9.48. The monoisotopic (exact) mass is 373 g/mol. The predicted octanol–water partition coefficient (Wildman–Crippen LogP) is 4.75. The number of ether oxygens (including phenoxy) is 1. The van der Waals surface area contributed by atoms with Gasteiger partial charge in [0, 0.05) is 35.8 Å². The van der Waals surface area contributed by atoms with E-state index in [0.717, 1.165) is 36.4 Å². The van der Waals surface area contributed by atoms with Crippen LogP contribution in [0.2, 0.25) is 0 Å². The number of para-hydroxylation sites is 1. The highest BCUT2D eigenvalue weighted by atomic mass is 16.5. The first-order valence-electron chi connectivity index (χ1n) is 9.48. The summed E-state index contributed by atoms with van der Waals surface area (Å²) in [6, 6.07) is 20.7. The third-order valence-corrected chi connectivity index (χ3v) is 4.97. The topological polar surface area (TPSA) is 56.1 Å². The molecule has 4 aromatic rings. The van der Waals surface area contributed by atoms with Gasteiger partial charge in [0.1, 0.15) is 5.82 Å². The van der Waals surface area contributed by atoms with Gasteiger partial charge in [0.05, 0.1) is 18.8 Å². The van der Waals surface area contributed by atoms with E-state index in [9.17, 15) is 4.79 Å². The second-order valence-corrected chi connectivity index (χ2v) is 6.77. The molecule has 0 aliphatic rings. The number of carbonyl (C=O) groups excluding carboxylic acids is 1. The predicted molar refractivity (Wildman–Crippen MR) is 112 cm³/mol. The van der Waals surface area contributed by atoms with Gasteiger partial charge < -0.3 is 14.6 Å². The van der Waals surface area contributed by atoms with Crippen molar-refractivity contribution < 1.29 is 9.53 Å². The van der Waals surface area contributed by atoms with Gasteiger partial charge in [-0.2, -0.15) is 0 Å². The Morgan fingerprint density at radius 3 is 2.64 bits per heavy atom. The van der Waals surface area contributed by atoms with Gasteiger partial charge in [-0.25, -0.2) is 4.98 Å². The quantitative estimate of drug-likeness (QED) is 0.475. The maximum Gasteiger partial charge on any atom is 0.305 e. The minimum atomic E-state index is -0.175. The summed E-state index contributed by atoms with van der Waals surface area (Å²) in [4.78, 5) is 16.1. The van der Waals surface area contributed by atoms with Gasteiger partial charge in [0.25, 0.3) is 0 Å². The molecule has 5 heteroatoms. The number of carbonyl (C=O) groups is 1. The smallest absolute Gasteiger partial charge is 0.305 e. The number of pyridine rings is 1. The molecule has 28 heavy (non-hydrogen) atoms. The lowest BCUT2D eigenvalue weighted by atomic mass is 10.2. The molecule has 0 amide bonds. The summed E-state index contributed by atoms with van der Waals surface area (Å²) in [5, 5.41) is 5.77. The van der Waals surface area contributed by atoms with Crippen molar-refractivity contribution in [2.24, 2.45) is 0 Å². The van der Waals surface area contributed by atoms with Crippen LogP contribution < -0.4 is 5.32 Å². The molecule has 0 atom stereocenters. The average molecular weight is 373 g/mol. The van der Waals surface area contributed by atoms with Crippen molar-refractivity contribution >= 4 is 33.6 Å². The lowest BCUT2D eigenvalue weighted by Crippen LogP contribution is -2.04. The van der Waals surface area contributed by atoms with Gasteiger partial charge in [-0.05, 0) is 24.1 Å². The number of hydrogen-bond acceptors (Lipinski definition) is 4. The Hall–Kier alpha value is -3.34. The number of hydrogen-bond donors (Lipinski definition) is 1. The number of esters is 1. The van der Waals surface area contributed by atoms with Gasteiger partial charge >= 0.3 is 5.97 Å². The van der Waals surface area contributed by atoms with Crippen molar-refractivity contribution in [2.75, 3.05) is 12.4 Å². The number of methoxy groups -OCH3 is 1. The van der Waals surface area contributed by atoms with Crippen molar-refractivity contribution in [1.29, 1.82) is 0 Å². The van der Waals surface area contributed by atoms with Crippen molar-refractivity contribution in [1.82, 2.24) is 9.55 Å². The summed E-state index contributed by atoms with van der Waals surface area (Å²) < 4.78 is 6.99. The van der Waals surface area contributed by atoms with Crippen molar-refractivity contribution in [3.8, 4) is 0 Å². The molecule has 142 valence electrons. The largest absolute Gasteiger partial charge is 0.469 e. The summed E-state index contributed by atoms with van der Waals surface area (Å²) in [7, 11) is 1.43. The van der Waals surface area contributed by atoms with Gasteiger partial charge in [-0.3, -0.25) is 4.79 Å². The number of anilines is 1. The summed E-state index contributed by atoms with van der Waals surface area (Å²) in [5.74, 6) is 0.681. The van der Waals surface area contributed by atoms with Crippen LogP contribution in [-0.2, 0) is 22.6 Å². The third kappa shape index (κ3) is 3.69. The van der Waals surface area contributed by atoms with Crippen molar-refractivity contribution in [3.63, 3.8) is 0 Å². The van der Waals surface area contributed by atoms with Crippen LogP contribution in [-0.4, -0.2) is 22.6 Å². The lowest BCUT2D eigenvalue weighted by Gasteiger charge is -2.08. The summed E-state index contributed by atoms with van der Waals surface area (Å²) in [6.07, 6.45) is 3.06. The fourth-order valence-corrected chi connectivity index (χ4v) is 3.56. The normalized spacial score (nSPS) is 11.0. The van der Waals surface area contributed by atoms with Crippen LogP contribution in [0.1, 0.15) is 18.4 Å². The molecule has 1 N–H and O–H groups in total. The maximum absolute atomic E-state index is 11.4. The Bertz CT molecular complexity index is 1100. The van der Waals surface area contributed by atoms with Crippen molar-refractivity contribution in [3.05, 3.63) is 72.4 Å². The number of rotatable bonds is 7. The van der Waals surface area contributed by atoms with Gasteiger partial charge in [0.15, 0.2) is 0 Å². The van der Waals surface area contributed by atoms with Crippen LogP contribution in [0.4, 0.5) is 5.82 Å². The lowest BCUT2D eigenvalue weighted by molar-refractivity contribution is -0.140. The Morgan fingerprint density at radius 2 is 1.82 bits per heavy atom. The van der Waals surface area contributed by atoms with Crippen molar-refractivity contribution in [2.45, 2.75) is 25.9 Å². The molecule has 0 aliphatic heterocycles. The molecule has 0 aliphatic carbocycles. The highest BCUT2D eigenvalue weighted by Crippen LogP contribution is 2.30. The molecular weight excluding hydrogens is 350 g/mol. The standard InChI is InChI=1S/C23H23N3O2/c1-28-23(27)12-7-13-26-20-11-6-5-10-18(20)19-14-22(25-16-21(19)26)24-15-17-8-3-2-4-9-17/h2-6,8-11,14,16H,7,12-13,15H2,1H3,(H,24,25). The summed E-state index contributed by atoms with van der Waals surface area (Å²) in [6.45, 7) is 1.48. The van der Waals surface area contributed by atoms with Gasteiger partial charge in [-0.15, -0.1) is 0 Å². The van der Waals surface area contributed by atoms with Crippen LogP contribution >= 0.6 is 0 Å². The second-order valence-electron chi connectivity index (χ2n) is 6.77. The molecule has 0 saturated heterocycles. The fraction of sp³-hybridized carbons (Fsp3) is 0.217. The fourth-order valence-electron chi connectivity index (χ4n) is 3.56. The molecule has 0 fully saturated rings. The molecule has 0 bridgehead atoms. The summed E-state index contributed by atoms with van der Waals surface area (Å²) >= 11 is 0. The molecule has 2 aromatic carbocycles. The Labute approximate surface area is 164 Å². The number of nitrogens with one attached hydrogen (secondary N) is 1. The van der Waals surface area contributed by atoms with E-state index in [-0.39, 0.29) is 5.97 Å². The van der Waals surface area contributed by atoms with Gasteiger partial charge in [0.2, 0.25) is 0 Å². The first-order chi connectivity index (χ1) is 13.8. The zero-order valence-electron chi connectivity index (χ0n) is 15.9. The number of nitrogens with zero attached hydrogens (tertiary/aromatic N) is 2. The van der Waals surface area contributed by atoms with E-state index >= 15 is 0 Å². The zero-order valence-corrected chi connectivity index (χ0v) is 15.9. The SMILES string of the molecule is COC(=O)CCCn1c2ccccc2c2cc(NCc3ccccc3)ncc21. The van der Waals surface area contributed by atoms with Crippen LogP contribution in [0.3, 0.4) is 0 Å². The van der Waals surface area contributed by atoms with E-state index < -0.39 is 0 Å². The van der Waals surface area contributed by atoms with E-state index in [4.69, 9.17) is 4.74 Å². The Morgan fingerprint density at radius 1 is 1.04 bits per heavy atom. The molecule has 0 saturated carbocycles. The average Bonchev–Trinajstić information content (AvgIpc) is 3.06. The van der Waals surface area contributed by atoms with E-state index in [1.54, 1.807) is 0 Å². The molecule has 5 nitrogen and oxygen atoms in total. The molecular formula is C23H23N3O2. The van der Waals surface area contributed by atoms with Crippen LogP contribution in [0.25, 0.3) is 21.8 Å². The third-order valence-electron chi connectivity index (χ3n) is 4.97. The van der Waals surface area contributed by atoms with E-state index in [1.165, 1.54) is 23.4 Å². The van der Waals surface area contributed by atoms with Crippen LogP contribution in [0.5, 0.6) is 0 Å². The number of benzene rings is 2.